The molecule has 0 radical (unpaired) electrons. The molecular weight excluding hydrogens is 264 g/mol. The van der Waals surface area contributed by atoms with Gasteiger partial charge >= 0.3 is 0 Å². The van der Waals surface area contributed by atoms with E-state index in [1.807, 2.05) is 24.3 Å². The number of benzene rings is 1. The van der Waals surface area contributed by atoms with Crippen LogP contribution in [0.15, 0.2) is 36.7 Å². The molecule has 0 aliphatic heterocycles. The molecule has 3 rings (SSSR count). The number of imidazole rings is 1. The van der Waals surface area contributed by atoms with Crippen molar-refractivity contribution in [3.05, 3.63) is 36.7 Å². The third-order valence-corrected chi connectivity index (χ3v) is 3.50. The summed E-state index contributed by atoms with van der Waals surface area (Å²) in [5.41, 5.74) is 9.60. The van der Waals surface area contributed by atoms with Gasteiger partial charge in [0, 0.05) is 24.4 Å². The molecule has 0 aliphatic rings. The maximum atomic E-state index is 6.06. The maximum absolute atomic E-state index is 6.06. The molecule has 108 valence electrons. The van der Waals surface area contributed by atoms with Gasteiger partial charge in [-0.1, -0.05) is 6.92 Å². The zero-order valence-electron chi connectivity index (χ0n) is 12.2. The minimum absolute atomic E-state index is 0.636. The van der Waals surface area contributed by atoms with Crippen LogP contribution in [-0.2, 0) is 6.54 Å². The summed E-state index contributed by atoms with van der Waals surface area (Å²) >= 11 is 0. The normalized spacial score (nSPS) is 11.0. The molecule has 0 bridgehead atoms. The number of nitrogens with zero attached hydrogens (tertiary/aromatic N) is 3. The molecule has 5 heteroatoms. The highest BCUT2D eigenvalue weighted by Gasteiger charge is 2.14. The highest BCUT2D eigenvalue weighted by Crippen LogP contribution is 2.30. The lowest BCUT2D eigenvalue weighted by molar-refractivity contribution is 0.415. The Morgan fingerprint density at radius 3 is 2.86 bits per heavy atom. The number of fused-ring (bicyclic) bond motifs is 1. The minimum Gasteiger partial charge on any atom is -0.497 e. The number of methoxy groups -OCH3 is 1. The SMILES string of the molecule is CCCn1c(-c2ccncc2N)nc2cc(OC)ccc21. The number of aryl methyl sites for hydroxylation is 1. The van der Waals surface area contributed by atoms with E-state index in [-0.39, 0.29) is 0 Å². The van der Waals surface area contributed by atoms with Gasteiger partial charge in [0.05, 0.1) is 30.0 Å². The zero-order valence-corrected chi connectivity index (χ0v) is 12.2. The Bertz CT molecular complexity index is 779. The third kappa shape index (κ3) is 2.31. The summed E-state index contributed by atoms with van der Waals surface area (Å²) in [7, 11) is 1.66. The molecule has 21 heavy (non-hydrogen) atoms. The van der Waals surface area contributed by atoms with Crippen molar-refractivity contribution in [2.45, 2.75) is 19.9 Å². The molecule has 2 aromatic heterocycles. The lowest BCUT2D eigenvalue weighted by atomic mass is 10.2. The number of ether oxygens (including phenoxy) is 1. The number of rotatable bonds is 4. The Morgan fingerprint density at radius 2 is 2.14 bits per heavy atom. The van der Waals surface area contributed by atoms with Crippen molar-refractivity contribution in [1.82, 2.24) is 14.5 Å². The first-order valence-electron chi connectivity index (χ1n) is 6.98. The van der Waals surface area contributed by atoms with Crippen LogP contribution in [0.1, 0.15) is 13.3 Å². The van der Waals surface area contributed by atoms with E-state index < -0.39 is 0 Å². The molecule has 0 atom stereocenters. The van der Waals surface area contributed by atoms with Crippen molar-refractivity contribution in [3.8, 4) is 17.1 Å². The predicted octanol–water partition coefficient (Wildman–Crippen LogP) is 3.10. The smallest absolute Gasteiger partial charge is 0.143 e. The molecule has 3 aromatic rings. The Labute approximate surface area is 123 Å². The number of hydrogen-bond donors (Lipinski definition) is 1. The molecule has 0 unspecified atom stereocenters. The fourth-order valence-electron chi connectivity index (χ4n) is 2.50. The van der Waals surface area contributed by atoms with E-state index in [0.717, 1.165) is 41.1 Å². The van der Waals surface area contributed by atoms with Crippen molar-refractivity contribution < 1.29 is 4.74 Å². The van der Waals surface area contributed by atoms with E-state index in [4.69, 9.17) is 15.5 Å². The van der Waals surface area contributed by atoms with Gasteiger partial charge in [0.25, 0.3) is 0 Å². The van der Waals surface area contributed by atoms with Crippen LogP contribution in [0.3, 0.4) is 0 Å². The lowest BCUT2D eigenvalue weighted by Gasteiger charge is -2.09. The van der Waals surface area contributed by atoms with Crippen LogP contribution < -0.4 is 10.5 Å². The lowest BCUT2D eigenvalue weighted by Crippen LogP contribution is -2.02. The fraction of sp³-hybridized carbons (Fsp3) is 0.250. The van der Waals surface area contributed by atoms with E-state index in [2.05, 4.69) is 16.5 Å². The van der Waals surface area contributed by atoms with E-state index in [1.54, 1.807) is 19.5 Å². The van der Waals surface area contributed by atoms with Crippen molar-refractivity contribution in [3.63, 3.8) is 0 Å². The van der Waals surface area contributed by atoms with Crippen LogP contribution in [0.25, 0.3) is 22.4 Å². The summed E-state index contributed by atoms with van der Waals surface area (Å²) in [6.45, 7) is 3.04. The molecule has 0 spiro atoms. The topological polar surface area (TPSA) is 66.0 Å². The van der Waals surface area contributed by atoms with Crippen LogP contribution in [-0.4, -0.2) is 21.6 Å². The number of anilines is 1. The number of nitrogen functional groups attached to an aromatic ring is 1. The van der Waals surface area contributed by atoms with Crippen LogP contribution in [0.5, 0.6) is 5.75 Å². The van der Waals surface area contributed by atoms with Crippen molar-refractivity contribution in [1.29, 1.82) is 0 Å². The monoisotopic (exact) mass is 282 g/mol. The molecule has 0 aliphatic carbocycles. The molecule has 0 amide bonds. The van der Waals surface area contributed by atoms with Gasteiger partial charge in [0.2, 0.25) is 0 Å². The summed E-state index contributed by atoms with van der Waals surface area (Å²) < 4.78 is 7.47. The Hall–Kier alpha value is -2.56. The predicted molar refractivity (Wildman–Crippen MR) is 84.2 cm³/mol. The average molecular weight is 282 g/mol. The van der Waals surface area contributed by atoms with Gasteiger partial charge in [-0.25, -0.2) is 4.98 Å². The Balaban J connectivity index is 2.26. The van der Waals surface area contributed by atoms with E-state index >= 15 is 0 Å². The average Bonchev–Trinajstić information content (AvgIpc) is 2.86. The third-order valence-electron chi connectivity index (χ3n) is 3.50. The van der Waals surface area contributed by atoms with Gasteiger partial charge in [0.15, 0.2) is 0 Å². The van der Waals surface area contributed by atoms with Gasteiger partial charge in [-0.05, 0) is 24.6 Å². The molecule has 5 nitrogen and oxygen atoms in total. The number of hydrogen-bond acceptors (Lipinski definition) is 4. The van der Waals surface area contributed by atoms with E-state index in [0.29, 0.717) is 5.69 Å². The van der Waals surface area contributed by atoms with Gasteiger partial charge < -0.3 is 15.0 Å². The van der Waals surface area contributed by atoms with Gasteiger partial charge in [-0.15, -0.1) is 0 Å². The second-order valence-electron chi connectivity index (χ2n) is 4.90. The summed E-state index contributed by atoms with van der Waals surface area (Å²) in [6, 6.07) is 7.84. The first-order chi connectivity index (χ1) is 10.2. The molecule has 0 saturated carbocycles. The number of aromatic nitrogens is 3. The van der Waals surface area contributed by atoms with E-state index in [9.17, 15) is 0 Å². The second kappa shape index (κ2) is 5.44. The van der Waals surface area contributed by atoms with Crippen LogP contribution >= 0.6 is 0 Å². The van der Waals surface area contributed by atoms with Gasteiger partial charge in [-0.2, -0.15) is 0 Å². The molecule has 0 saturated heterocycles. The molecular formula is C16H18N4O. The largest absolute Gasteiger partial charge is 0.497 e. The zero-order chi connectivity index (χ0) is 14.8. The number of pyridine rings is 1. The molecule has 1 aromatic carbocycles. The summed E-state index contributed by atoms with van der Waals surface area (Å²) in [4.78, 5) is 8.79. The van der Waals surface area contributed by atoms with Gasteiger partial charge in [0.1, 0.15) is 11.6 Å². The standard InChI is InChI=1S/C16H18N4O/c1-3-8-20-15-5-4-11(21-2)9-14(15)19-16(20)12-6-7-18-10-13(12)17/h4-7,9-10H,3,8,17H2,1-2H3. The van der Waals surface area contributed by atoms with Crippen molar-refractivity contribution >= 4 is 16.7 Å². The molecule has 2 heterocycles. The minimum atomic E-state index is 0.636. The van der Waals surface area contributed by atoms with Crippen LogP contribution in [0.2, 0.25) is 0 Å². The fourth-order valence-corrected chi connectivity index (χ4v) is 2.50. The summed E-state index contributed by atoms with van der Waals surface area (Å²) in [5.74, 6) is 1.68. The first kappa shape index (κ1) is 13.4. The number of nitrogens with two attached hydrogens (primary N) is 1. The highest BCUT2D eigenvalue weighted by atomic mass is 16.5. The quantitative estimate of drug-likeness (QED) is 0.798. The highest BCUT2D eigenvalue weighted by molar-refractivity contribution is 5.84. The Morgan fingerprint density at radius 1 is 1.29 bits per heavy atom. The summed E-state index contributed by atoms with van der Waals surface area (Å²) in [5, 5.41) is 0. The molecule has 0 fully saturated rings. The van der Waals surface area contributed by atoms with Crippen LogP contribution in [0, 0.1) is 0 Å². The van der Waals surface area contributed by atoms with Crippen molar-refractivity contribution in [2.75, 3.05) is 12.8 Å². The van der Waals surface area contributed by atoms with Crippen molar-refractivity contribution in [2.24, 2.45) is 0 Å². The Kier molecular flexibility index (Phi) is 3.48. The second-order valence-corrected chi connectivity index (χ2v) is 4.90. The molecule has 2 N–H and O–H groups in total. The van der Waals surface area contributed by atoms with E-state index in [1.165, 1.54) is 0 Å². The maximum Gasteiger partial charge on any atom is 0.143 e. The first-order valence-corrected chi connectivity index (χ1v) is 6.98. The summed E-state index contributed by atoms with van der Waals surface area (Å²) in [6.07, 6.45) is 4.42. The van der Waals surface area contributed by atoms with Gasteiger partial charge in [-0.3, -0.25) is 4.98 Å². The van der Waals surface area contributed by atoms with Crippen LogP contribution in [0.4, 0.5) is 5.69 Å².